The second kappa shape index (κ2) is 7.87. The summed E-state index contributed by atoms with van der Waals surface area (Å²) in [6, 6.07) is 25.7. The first kappa shape index (κ1) is 19.0. The number of hydrogen-bond donors (Lipinski definition) is 0. The lowest BCUT2D eigenvalue weighted by molar-refractivity contribution is -0.384. The third kappa shape index (κ3) is 3.54. The summed E-state index contributed by atoms with van der Waals surface area (Å²) >= 11 is 0. The third-order valence-electron chi connectivity index (χ3n) is 4.40. The molecule has 0 N–H and O–H groups in total. The number of benzene rings is 3. The van der Waals surface area contributed by atoms with Crippen molar-refractivity contribution in [1.29, 1.82) is 5.26 Å². The largest absolute Gasteiger partial charge is 1.00 e. The van der Waals surface area contributed by atoms with E-state index in [4.69, 9.17) is 5.26 Å². The number of nitro benzene ring substituents is 1. The number of pyridine rings is 1. The Morgan fingerprint density at radius 3 is 2.25 bits per heavy atom. The van der Waals surface area contributed by atoms with E-state index in [1.165, 1.54) is 6.07 Å². The standard InChI is InChI=1S/C22H13N3O2.ClH/c23-14-15-6-8-17(9-7-15)22-13-19(16-4-2-1-3-5-16)20-12-18(25(26)27)10-11-21(20)24-22;/h1-13H;1H/p-1. The predicted molar refractivity (Wildman–Crippen MR) is 104 cm³/mol. The van der Waals surface area contributed by atoms with Crippen LogP contribution < -0.4 is 12.4 Å². The minimum atomic E-state index is -0.400. The number of nitriles is 1. The van der Waals surface area contributed by atoms with E-state index in [1.807, 2.05) is 48.5 Å². The van der Waals surface area contributed by atoms with E-state index < -0.39 is 4.92 Å². The molecule has 0 aliphatic heterocycles. The Morgan fingerprint density at radius 2 is 1.61 bits per heavy atom. The lowest BCUT2D eigenvalue weighted by atomic mass is 9.98. The summed E-state index contributed by atoms with van der Waals surface area (Å²) in [6.07, 6.45) is 0. The van der Waals surface area contributed by atoms with Crippen LogP contribution in [0.15, 0.2) is 78.9 Å². The van der Waals surface area contributed by atoms with Crippen LogP contribution in [-0.2, 0) is 0 Å². The van der Waals surface area contributed by atoms with Gasteiger partial charge in [-0.25, -0.2) is 4.98 Å². The zero-order chi connectivity index (χ0) is 18.8. The van der Waals surface area contributed by atoms with Gasteiger partial charge in [0, 0.05) is 23.1 Å². The van der Waals surface area contributed by atoms with Gasteiger partial charge < -0.3 is 12.4 Å². The molecule has 0 saturated carbocycles. The Kier molecular flexibility index (Phi) is 5.35. The summed E-state index contributed by atoms with van der Waals surface area (Å²) in [4.78, 5) is 15.5. The van der Waals surface area contributed by atoms with Crippen LogP contribution >= 0.6 is 0 Å². The molecular weight excluding hydrogens is 374 g/mol. The van der Waals surface area contributed by atoms with E-state index in [9.17, 15) is 10.1 Å². The van der Waals surface area contributed by atoms with Crippen LogP contribution in [-0.4, -0.2) is 9.91 Å². The van der Waals surface area contributed by atoms with Gasteiger partial charge in [-0.1, -0.05) is 42.5 Å². The normalized spacial score (nSPS) is 10.1. The maximum atomic E-state index is 11.2. The zero-order valence-electron chi connectivity index (χ0n) is 14.5. The topological polar surface area (TPSA) is 79.8 Å². The number of fused-ring (bicyclic) bond motifs is 1. The first-order valence-corrected chi connectivity index (χ1v) is 8.31. The first-order chi connectivity index (χ1) is 13.2. The highest BCUT2D eigenvalue weighted by molar-refractivity contribution is 5.97. The highest BCUT2D eigenvalue weighted by atomic mass is 35.5. The zero-order valence-corrected chi connectivity index (χ0v) is 15.3. The van der Waals surface area contributed by atoms with Gasteiger partial charge in [0.25, 0.3) is 5.69 Å². The molecule has 4 aromatic rings. The Morgan fingerprint density at radius 1 is 0.893 bits per heavy atom. The molecule has 1 aromatic heterocycles. The van der Waals surface area contributed by atoms with Crippen LogP contribution in [0.5, 0.6) is 0 Å². The van der Waals surface area contributed by atoms with E-state index in [1.54, 1.807) is 24.3 Å². The lowest BCUT2D eigenvalue weighted by Crippen LogP contribution is -3.00. The van der Waals surface area contributed by atoms with Crippen molar-refractivity contribution >= 4 is 16.6 Å². The summed E-state index contributed by atoms with van der Waals surface area (Å²) in [5.74, 6) is 0. The predicted octanol–water partition coefficient (Wildman–Crippen LogP) is 2.35. The highest BCUT2D eigenvalue weighted by Gasteiger charge is 2.13. The lowest BCUT2D eigenvalue weighted by Gasteiger charge is -2.10. The molecule has 6 heteroatoms. The van der Waals surface area contributed by atoms with Gasteiger partial charge in [0.1, 0.15) is 0 Å². The number of rotatable bonds is 3. The summed E-state index contributed by atoms with van der Waals surface area (Å²) in [5.41, 5.74) is 4.77. The van der Waals surface area contributed by atoms with Gasteiger partial charge in [-0.05, 0) is 35.4 Å². The number of nitro groups is 1. The maximum absolute atomic E-state index is 11.2. The Hall–Kier alpha value is -3.75. The average Bonchev–Trinajstić information content (AvgIpc) is 2.73. The molecule has 0 fully saturated rings. The summed E-state index contributed by atoms with van der Waals surface area (Å²) in [5, 5.41) is 20.9. The molecule has 4 rings (SSSR count). The first-order valence-electron chi connectivity index (χ1n) is 8.31. The molecule has 0 saturated heterocycles. The molecule has 0 aliphatic rings. The minimum absolute atomic E-state index is 0. The average molecular weight is 387 g/mol. The second-order valence-corrected chi connectivity index (χ2v) is 6.07. The Labute approximate surface area is 167 Å². The molecule has 0 amide bonds. The van der Waals surface area contributed by atoms with Crippen molar-refractivity contribution in [3.63, 3.8) is 0 Å². The van der Waals surface area contributed by atoms with E-state index in [0.29, 0.717) is 11.1 Å². The van der Waals surface area contributed by atoms with Gasteiger partial charge in [0.15, 0.2) is 0 Å². The Balaban J connectivity index is 0.00000225. The fourth-order valence-corrected chi connectivity index (χ4v) is 3.05. The van der Waals surface area contributed by atoms with Crippen molar-refractivity contribution in [2.45, 2.75) is 0 Å². The van der Waals surface area contributed by atoms with Crippen molar-refractivity contribution in [3.05, 3.63) is 94.5 Å². The van der Waals surface area contributed by atoms with Gasteiger partial charge in [0.05, 0.1) is 27.8 Å². The minimum Gasteiger partial charge on any atom is -1.00 e. The van der Waals surface area contributed by atoms with Crippen LogP contribution in [0.25, 0.3) is 33.3 Å². The third-order valence-corrected chi connectivity index (χ3v) is 4.40. The fourth-order valence-electron chi connectivity index (χ4n) is 3.05. The van der Waals surface area contributed by atoms with Crippen molar-refractivity contribution in [2.24, 2.45) is 0 Å². The number of halogens is 1. The molecule has 28 heavy (non-hydrogen) atoms. The van der Waals surface area contributed by atoms with Crippen molar-refractivity contribution < 1.29 is 17.3 Å². The molecule has 0 spiro atoms. The second-order valence-electron chi connectivity index (χ2n) is 6.07. The van der Waals surface area contributed by atoms with Gasteiger partial charge in [0.2, 0.25) is 0 Å². The molecule has 1 heterocycles. The number of hydrogen-bond acceptors (Lipinski definition) is 4. The van der Waals surface area contributed by atoms with Crippen molar-refractivity contribution in [2.75, 3.05) is 0 Å². The van der Waals surface area contributed by atoms with Crippen LogP contribution in [0.3, 0.4) is 0 Å². The van der Waals surface area contributed by atoms with Crippen LogP contribution in [0, 0.1) is 21.4 Å². The van der Waals surface area contributed by atoms with Gasteiger partial charge in [-0.2, -0.15) is 5.26 Å². The summed E-state index contributed by atoms with van der Waals surface area (Å²) in [7, 11) is 0. The van der Waals surface area contributed by atoms with Crippen molar-refractivity contribution in [1.82, 2.24) is 4.98 Å². The van der Waals surface area contributed by atoms with Crippen LogP contribution in [0.1, 0.15) is 5.56 Å². The van der Waals surface area contributed by atoms with Crippen LogP contribution in [0.2, 0.25) is 0 Å². The molecular formula is C22H13ClN3O2-. The van der Waals surface area contributed by atoms with Gasteiger partial charge >= 0.3 is 0 Å². The fraction of sp³-hybridized carbons (Fsp3) is 0. The quantitative estimate of drug-likeness (QED) is 0.400. The van der Waals surface area contributed by atoms with E-state index in [-0.39, 0.29) is 18.1 Å². The van der Waals surface area contributed by atoms with E-state index in [0.717, 1.165) is 27.8 Å². The maximum Gasteiger partial charge on any atom is 0.270 e. The number of aromatic nitrogens is 1. The molecule has 0 unspecified atom stereocenters. The smallest absolute Gasteiger partial charge is 0.270 e. The number of non-ortho nitro benzene ring substituents is 1. The van der Waals surface area contributed by atoms with Crippen LogP contribution in [0.4, 0.5) is 5.69 Å². The van der Waals surface area contributed by atoms with Crippen molar-refractivity contribution in [3.8, 4) is 28.5 Å². The van der Waals surface area contributed by atoms with Gasteiger partial charge in [-0.3, -0.25) is 10.1 Å². The summed E-state index contributed by atoms with van der Waals surface area (Å²) in [6.45, 7) is 0. The molecule has 3 aromatic carbocycles. The van der Waals surface area contributed by atoms with E-state index >= 15 is 0 Å². The Bertz CT molecular complexity index is 1200. The van der Waals surface area contributed by atoms with Gasteiger partial charge in [-0.15, -0.1) is 0 Å². The number of nitrogens with zero attached hydrogens (tertiary/aromatic N) is 3. The van der Waals surface area contributed by atoms with E-state index in [2.05, 4.69) is 11.1 Å². The molecule has 0 bridgehead atoms. The SMILES string of the molecule is N#Cc1ccc(-c2cc(-c3ccccc3)c3cc([N+](=O)[O-])ccc3n2)cc1.[Cl-]. The molecule has 5 nitrogen and oxygen atoms in total. The monoisotopic (exact) mass is 386 g/mol. The molecule has 0 aliphatic carbocycles. The molecule has 0 radical (unpaired) electrons. The highest BCUT2D eigenvalue weighted by Crippen LogP contribution is 2.34. The summed E-state index contributed by atoms with van der Waals surface area (Å²) < 4.78 is 0. The molecule has 136 valence electrons. The molecule has 0 atom stereocenters.